The van der Waals surface area contributed by atoms with Crippen molar-refractivity contribution in [2.24, 2.45) is 0 Å². The van der Waals surface area contributed by atoms with Gasteiger partial charge in [0, 0.05) is 9.64 Å². The molecule has 0 aromatic heterocycles. The van der Waals surface area contributed by atoms with Crippen LogP contribution in [0, 0.1) is 0 Å². The average molecular weight is 338 g/mol. The highest BCUT2D eigenvalue weighted by Gasteiger charge is 2.42. The van der Waals surface area contributed by atoms with Gasteiger partial charge >= 0.3 is 0 Å². The summed E-state index contributed by atoms with van der Waals surface area (Å²) in [5.41, 5.74) is 3.42. The molecule has 0 saturated heterocycles. The molecule has 1 atom stereocenters. The Balaban J connectivity index is 1.57. The third-order valence-electron chi connectivity index (χ3n) is 4.93. The molecule has 0 amide bonds. The fraction of sp³-hybridized carbons (Fsp3) is 0.333. The molecule has 0 heterocycles. The SMILES string of the molecule is COc1ccc2c(c1)CC/C(=C\C1(Sc3ccccc3)CC1)[C@H]2O. The number of methoxy groups -OCH3 is 1. The summed E-state index contributed by atoms with van der Waals surface area (Å²) < 4.78 is 5.48. The molecule has 0 unspecified atom stereocenters. The lowest BCUT2D eigenvalue weighted by Gasteiger charge is -2.26. The highest BCUT2D eigenvalue weighted by atomic mass is 32.2. The van der Waals surface area contributed by atoms with Crippen LogP contribution < -0.4 is 4.74 Å². The first-order chi connectivity index (χ1) is 11.7. The molecule has 2 aromatic carbocycles. The molecule has 1 fully saturated rings. The summed E-state index contributed by atoms with van der Waals surface area (Å²) in [6.45, 7) is 0. The molecule has 1 N–H and O–H groups in total. The van der Waals surface area contributed by atoms with Crippen molar-refractivity contribution < 1.29 is 9.84 Å². The van der Waals surface area contributed by atoms with Gasteiger partial charge in [0.15, 0.2) is 0 Å². The lowest BCUT2D eigenvalue weighted by Crippen LogP contribution is -2.14. The third kappa shape index (κ3) is 3.11. The number of aryl methyl sites for hydroxylation is 1. The molecule has 2 aromatic rings. The average Bonchev–Trinajstić information content (AvgIpc) is 3.37. The summed E-state index contributed by atoms with van der Waals surface area (Å²) >= 11 is 1.93. The number of hydrogen-bond donors (Lipinski definition) is 1. The molecule has 3 heteroatoms. The van der Waals surface area contributed by atoms with Crippen LogP contribution in [0.3, 0.4) is 0 Å². The number of aliphatic hydroxyl groups is 1. The van der Waals surface area contributed by atoms with E-state index in [1.54, 1.807) is 7.11 Å². The molecular formula is C21H22O2S. The van der Waals surface area contributed by atoms with Crippen molar-refractivity contribution in [2.45, 2.75) is 41.4 Å². The number of rotatable bonds is 4. The summed E-state index contributed by atoms with van der Waals surface area (Å²) in [7, 11) is 1.68. The van der Waals surface area contributed by atoms with Gasteiger partial charge in [-0.05, 0) is 66.6 Å². The zero-order valence-electron chi connectivity index (χ0n) is 13.9. The van der Waals surface area contributed by atoms with E-state index in [0.29, 0.717) is 0 Å². The van der Waals surface area contributed by atoms with E-state index in [1.807, 2.05) is 23.9 Å². The minimum atomic E-state index is -0.478. The van der Waals surface area contributed by atoms with E-state index < -0.39 is 6.10 Å². The second kappa shape index (κ2) is 6.30. The van der Waals surface area contributed by atoms with E-state index >= 15 is 0 Å². The first kappa shape index (κ1) is 15.8. The van der Waals surface area contributed by atoms with Crippen molar-refractivity contribution in [3.05, 3.63) is 71.3 Å². The Hall–Kier alpha value is -1.71. The predicted molar refractivity (Wildman–Crippen MR) is 98.6 cm³/mol. The Labute approximate surface area is 147 Å². The van der Waals surface area contributed by atoms with Crippen molar-refractivity contribution in [3.8, 4) is 5.75 Å². The van der Waals surface area contributed by atoms with Crippen LogP contribution in [0.15, 0.2) is 65.1 Å². The highest BCUT2D eigenvalue weighted by Crippen LogP contribution is 2.54. The van der Waals surface area contributed by atoms with Gasteiger partial charge in [0.05, 0.1) is 7.11 Å². The van der Waals surface area contributed by atoms with Gasteiger partial charge in [-0.3, -0.25) is 0 Å². The van der Waals surface area contributed by atoms with Gasteiger partial charge in [-0.15, -0.1) is 11.8 Å². The summed E-state index contributed by atoms with van der Waals surface area (Å²) in [5.74, 6) is 0.867. The zero-order valence-corrected chi connectivity index (χ0v) is 14.7. The quantitative estimate of drug-likeness (QED) is 0.802. The van der Waals surface area contributed by atoms with Crippen molar-refractivity contribution in [1.29, 1.82) is 0 Å². The minimum Gasteiger partial charge on any atom is -0.497 e. The van der Waals surface area contributed by atoms with Gasteiger partial charge in [0.25, 0.3) is 0 Å². The van der Waals surface area contributed by atoms with Crippen LogP contribution in [0.1, 0.15) is 36.5 Å². The van der Waals surface area contributed by atoms with Gasteiger partial charge in [-0.1, -0.05) is 30.3 Å². The molecule has 0 spiro atoms. The number of thioether (sulfide) groups is 1. The lowest BCUT2D eigenvalue weighted by molar-refractivity contribution is 0.204. The van der Waals surface area contributed by atoms with Crippen LogP contribution in [0.2, 0.25) is 0 Å². The smallest absolute Gasteiger partial charge is 0.119 e. The first-order valence-corrected chi connectivity index (χ1v) is 9.31. The number of aliphatic hydroxyl groups excluding tert-OH is 1. The Morgan fingerprint density at radius 2 is 1.92 bits per heavy atom. The highest BCUT2D eigenvalue weighted by molar-refractivity contribution is 8.01. The van der Waals surface area contributed by atoms with Crippen LogP contribution in [0.4, 0.5) is 0 Å². The molecule has 124 valence electrons. The van der Waals surface area contributed by atoms with Crippen molar-refractivity contribution >= 4 is 11.8 Å². The zero-order chi connectivity index (χ0) is 16.6. The lowest BCUT2D eigenvalue weighted by atomic mass is 9.85. The Morgan fingerprint density at radius 3 is 2.62 bits per heavy atom. The molecule has 2 aliphatic rings. The normalized spacial score (nSPS) is 22.9. The van der Waals surface area contributed by atoms with E-state index in [2.05, 4.69) is 42.5 Å². The standard InChI is InChI=1S/C21H22O2S/c1-23-17-9-10-19-15(13-17)7-8-16(20(19)22)14-21(11-12-21)24-18-5-3-2-4-6-18/h2-6,9-10,13-14,20,22H,7-8,11-12H2,1H3/b16-14+/t20-/m1/s1. The summed E-state index contributed by atoms with van der Waals surface area (Å²) in [6.07, 6.45) is 6.16. The fourth-order valence-electron chi connectivity index (χ4n) is 3.42. The van der Waals surface area contributed by atoms with Crippen molar-refractivity contribution in [3.63, 3.8) is 0 Å². The maximum absolute atomic E-state index is 10.8. The maximum Gasteiger partial charge on any atom is 0.119 e. The summed E-state index contributed by atoms with van der Waals surface area (Å²) in [4.78, 5) is 1.31. The molecule has 0 bridgehead atoms. The van der Waals surface area contributed by atoms with Crippen molar-refractivity contribution in [1.82, 2.24) is 0 Å². The van der Waals surface area contributed by atoms with Gasteiger partial charge in [0.2, 0.25) is 0 Å². The third-order valence-corrected chi connectivity index (χ3v) is 6.38. The van der Waals surface area contributed by atoms with Gasteiger partial charge in [-0.2, -0.15) is 0 Å². The van der Waals surface area contributed by atoms with Crippen LogP contribution in [-0.2, 0) is 6.42 Å². The Morgan fingerprint density at radius 1 is 1.12 bits per heavy atom. The Kier molecular flexibility index (Phi) is 4.15. The van der Waals surface area contributed by atoms with E-state index in [-0.39, 0.29) is 4.75 Å². The minimum absolute atomic E-state index is 0.182. The fourth-order valence-corrected chi connectivity index (χ4v) is 4.70. The molecule has 0 aliphatic heterocycles. The molecule has 24 heavy (non-hydrogen) atoms. The molecule has 4 rings (SSSR count). The summed E-state index contributed by atoms with van der Waals surface area (Å²) in [6, 6.07) is 16.6. The summed E-state index contributed by atoms with van der Waals surface area (Å²) in [5, 5.41) is 10.8. The van der Waals surface area contributed by atoms with Crippen LogP contribution in [0.25, 0.3) is 0 Å². The van der Waals surface area contributed by atoms with Crippen molar-refractivity contribution in [2.75, 3.05) is 7.11 Å². The maximum atomic E-state index is 10.8. The van der Waals surface area contributed by atoms with E-state index in [1.165, 1.54) is 28.9 Å². The van der Waals surface area contributed by atoms with Gasteiger partial charge in [-0.25, -0.2) is 0 Å². The Bertz CT molecular complexity index is 763. The van der Waals surface area contributed by atoms with Crippen LogP contribution >= 0.6 is 11.8 Å². The molecule has 0 radical (unpaired) electrons. The van der Waals surface area contributed by atoms with Crippen LogP contribution in [-0.4, -0.2) is 17.0 Å². The number of ether oxygens (including phenoxy) is 1. The van der Waals surface area contributed by atoms with Gasteiger partial charge < -0.3 is 9.84 Å². The number of benzene rings is 2. The van der Waals surface area contributed by atoms with Gasteiger partial charge in [0.1, 0.15) is 11.9 Å². The van der Waals surface area contributed by atoms with E-state index in [9.17, 15) is 5.11 Å². The molecular weight excluding hydrogens is 316 g/mol. The number of hydrogen-bond acceptors (Lipinski definition) is 3. The molecule has 2 aliphatic carbocycles. The monoisotopic (exact) mass is 338 g/mol. The molecule has 1 saturated carbocycles. The van der Waals surface area contributed by atoms with E-state index in [0.717, 1.165) is 24.2 Å². The number of fused-ring (bicyclic) bond motifs is 1. The topological polar surface area (TPSA) is 29.5 Å². The predicted octanol–water partition coefficient (Wildman–Crippen LogP) is 4.93. The second-order valence-corrected chi connectivity index (χ2v) is 8.16. The largest absolute Gasteiger partial charge is 0.497 e. The first-order valence-electron chi connectivity index (χ1n) is 8.50. The second-order valence-electron chi connectivity index (χ2n) is 6.67. The van der Waals surface area contributed by atoms with E-state index in [4.69, 9.17) is 4.74 Å². The van der Waals surface area contributed by atoms with Crippen LogP contribution in [0.5, 0.6) is 5.75 Å². The molecule has 2 nitrogen and oxygen atoms in total.